The number of thioether (sulfide) groups is 1. The van der Waals surface area contributed by atoms with Gasteiger partial charge >= 0.3 is 5.69 Å². The lowest BCUT2D eigenvalue weighted by atomic mass is 10.3. The number of fused-ring (bicyclic) bond motifs is 1. The first kappa shape index (κ1) is 18.6. The fourth-order valence-electron chi connectivity index (χ4n) is 2.80. The molecule has 7 nitrogen and oxygen atoms in total. The van der Waals surface area contributed by atoms with Crippen LogP contribution in [0.15, 0.2) is 58.5 Å². The number of benzene rings is 2. The van der Waals surface area contributed by atoms with E-state index in [1.807, 2.05) is 24.3 Å². The molecule has 0 aliphatic heterocycles. The highest BCUT2D eigenvalue weighted by Gasteiger charge is 2.07. The van der Waals surface area contributed by atoms with Crippen LogP contribution in [0.1, 0.15) is 12.2 Å². The van der Waals surface area contributed by atoms with Crippen LogP contribution in [0.5, 0.6) is 5.75 Å². The topological polar surface area (TPSA) is 88.6 Å². The summed E-state index contributed by atoms with van der Waals surface area (Å²) in [6.45, 7) is 0.951. The van der Waals surface area contributed by atoms with Gasteiger partial charge in [-0.3, -0.25) is 9.67 Å². The van der Waals surface area contributed by atoms with Crippen LogP contribution in [0.25, 0.3) is 11.0 Å². The number of imidazole rings is 1. The number of nitrogens with one attached hydrogen (secondary N) is 2. The van der Waals surface area contributed by atoms with Crippen molar-refractivity contribution in [2.75, 3.05) is 5.75 Å². The van der Waals surface area contributed by atoms with Crippen molar-refractivity contribution in [1.82, 2.24) is 24.7 Å². The van der Waals surface area contributed by atoms with Crippen LogP contribution in [0.3, 0.4) is 0 Å². The molecule has 0 unspecified atom stereocenters. The van der Waals surface area contributed by atoms with Crippen LogP contribution in [0.2, 0.25) is 5.02 Å². The maximum absolute atomic E-state index is 12.1. The van der Waals surface area contributed by atoms with Crippen molar-refractivity contribution in [3.63, 3.8) is 0 Å². The number of aromatic nitrogens is 5. The molecule has 2 heterocycles. The number of halogens is 1. The Balaban J connectivity index is 1.26. The van der Waals surface area contributed by atoms with E-state index in [2.05, 4.69) is 20.2 Å². The highest BCUT2D eigenvalue weighted by atomic mass is 35.5. The SMILES string of the molecule is O=c1[nH]c2ccccc2n1CCCSc1n[nH]c(COc2ccc(Cl)cc2)n1. The molecule has 28 heavy (non-hydrogen) atoms. The van der Waals surface area contributed by atoms with Crippen molar-refractivity contribution in [2.45, 2.75) is 24.7 Å². The maximum Gasteiger partial charge on any atom is 0.326 e. The zero-order valence-electron chi connectivity index (χ0n) is 14.9. The number of rotatable bonds is 8. The number of ether oxygens (including phenoxy) is 1. The summed E-state index contributed by atoms with van der Waals surface area (Å²) in [5, 5.41) is 8.41. The molecule has 9 heteroatoms. The molecule has 0 aliphatic rings. The molecule has 2 aromatic carbocycles. The standard InChI is InChI=1S/C19H18ClN5O2S/c20-13-6-8-14(9-7-13)27-12-17-22-18(24-23-17)28-11-3-10-25-16-5-2-1-4-15(16)21-19(25)26/h1-2,4-9H,3,10-12H2,(H,21,26)(H,22,23,24). The van der Waals surface area contributed by atoms with Crippen molar-refractivity contribution in [3.05, 3.63) is 69.9 Å². The first-order valence-electron chi connectivity index (χ1n) is 8.79. The molecule has 0 saturated carbocycles. The summed E-state index contributed by atoms with van der Waals surface area (Å²) < 4.78 is 7.41. The highest BCUT2D eigenvalue weighted by Crippen LogP contribution is 2.18. The quantitative estimate of drug-likeness (QED) is 0.337. The van der Waals surface area contributed by atoms with Crippen LogP contribution in [-0.4, -0.2) is 30.5 Å². The van der Waals surface area contributed by atoms with Gasteiger partial charge in [0.2, 0.25) is 5.16 Å². The number of hydrogen-bond donors (Lipinski definition) is 2. The van der Waals surface area contributed by atoms with Gasteiger partial charge < -0.3 is 9.72 Å². The summed E-state index contributed by atoms with van der Waals surface area (Å²) in [6.07, 6.45) is 0.831. The second-order valence-electron chi connectivity index (χ2n) is 6.11. The van der Waals surface area contributed by atoms with Crippen molar-refractivity contribution in [1.29, 1.82) is 0 Å². The van der Waals surface area contributed by atoms with Gasteiger partial charge in [0.25, 0.3) is 0 Å². The summed E-state index contributed by atoms with van der Waals surface area (Å²) in [6, 6.07) is 14.9. The van der Waals surface area contributed by atoms with Crippen molar-refractivity contribution >= 4 is 34.4 Å². The van der Waals surface area contributed by atoms with Crippen LogP contribution in [-0.2, 0) is 13.2 Å². The molecule has 4 rings (SSSR count). The number of para-hydroxylation sites is 2. The average Bonchev–Trinajstić information content (AvgIpc) is 3.28. The first-order chi connectivity index (χ1) is 13.7. The number of H-pyrrole nitrogens is 2. The molecule has 0 amide bonds. The Kier molecular flexibility index (Phi) is 5.68. The summed E-state index contributed by atoms with van der Waals surface area (Å²) in [5.41, 5.74) is 1.71. The smallest absolute Gasteiger partial charge is 0.326 e. The number of hydrogen-bond acceptors (Lipinski definition) is 5. The lowest BCUT2D eigenvalue weighted by Crippen LogP contribution is -2.17. The van der Waals surface area contributed by atoms with E-state index >= 15 is 0 Å². The van der Waals surface area contributed by atoms with Gasteiger partial charge in [-0.25, -0.2) is 9.78 Å². The molecule has 2 aromatic heterocycles. The molecule has 0 fully saturated rings. The van der Waals surface area contributed by atoms with Crippen LogP contribution < -0.4 is 10.4 Å². The van der Waals surface area contributed by atoms with E-state index in [9.17, 15) is 4.79 Å². The van der Waals surface area contributed by atoms with Gasteiger partial charge in [-0.15, -0.1) is 5.10 Å². The Morgan fingerprint density at radius 3 is 2.82 bits per heavy atom. The molecule has 4 aromatic rings. The number of aromatic amines is 2. The highest BCUT2D eigenvalue weighted by molar-refractivity contribution is 7.99. The minimum Gasteiger partial charge on any atom is -0.486 e. The minimum atomic E-state index is -0.0780. The van der Waals surface area contributed by atoms with Gasteiger partial charge in [0, 0.05) is 17.3 Å². The van der Waals surface area contributed by atoms with Gasteiger partial charge in [-0.05, 0) is 42.8 Å². The first-order valence-corrected chi connectivity index (χ1v) is 10.2. The molecule has 2 N–H and O–H groups in total. The number of aryl methyl sites for hydroxylation is 1. The van der Waals surface area contributed by atoms with Gasteiger partial charge in [0.05, 0.1) is 11.0 Å². The predicted molar refractivity (Wildman–Crippen MR) is 110 cm³/mol. The third-order valence-corrected chi connectivity index (χ3v) is 5.32. The second-order valence-corrected chi connectivity index (χ2v) is 7.61. The molecule has 0 aliphatic carbocycles. The number of nitrogens with zero attached hydrogens (tertiary/aromatic N) is 3. The van der Waals surface area contributed by atoms with Crippen LogP contribution >= 0.6 is 23.4 Å². The Morgan fingerprint density at radius 2 is 1.96 bits per heavy atom. The predicted octanol–water partition coefficient (Wildman–Crippen LogP) is 3.86. The summed E-state index contributed by atoms with van der Waals surface area (Å²) in [4.78, 5) is 19.3. The summed E-state index contributed by atoms with van der Waals surface area (Å²) in [7, 11) is 0. The van der Waals surface area contributed by atoms with Crippen LogP contribution in [0.4, 0.5) is 0 Å². The van der Waals surface area contributed by atoms with E-state index in [1.54, 1.807) is 40.6 Å². The van der Waals surface area contributed by atoms with Crippen molar-refractivity contribution in [2.24, 2.45) is 0 Å². The monoisotopic (exact) mass is 415 g/mol. The van der Waals surface area contributed by atoms with Gasteiger partial charge in [-0.2, -0.15) is 0 Å². The molecule has 144 valence electrons. The zero-order chi connectivity index (χ0) is 19.3. The molecule has 0 radical (unpaired) electrons. The minimum absolute atomic E-state index is 0.0780. The molecular weight excluding hydrogens is 398 g/mol. The largest absolute Gasteiger partial charge is 0.486 e. The van der Waals surface area contributed by atoms with Gasteiger partial charge in [0.15, 0.2) is 5.82 Å². The van der Waals surface area contributed by atoms with Gasteiger partial charge in [-0.1, -0.05) is 35.5 Å². The van der Waals surface area contributed by atoms with E-state index < -0.39 is 0 Å². The fourth-order valence-corrected chi connectivity index (χ4v) is 3.67. The Bertz CT molecular complexity index is 1120. The molecule has 0 bridgehead atoms. The molecular formula is C19H18ClN5O2S. The van der Waals surface area contributed by atoms with E-state index in [4.69, 9.17) is 16.3 Å². The molecule has 0 spiro atoms. The van der Waals surface area contributed by atoms with Crippen molar-refractivity contribution < 1.29 is 4.74 Å². The third kappa shape index (κ3) is 4.40. The zero-order valence-corrected chi connectivity index (χ0v) is 16.5. The third-order valence-electron chi connectivity index (χ3n) is 4.14. The fraction of sp³-hybridized carbons (Fsp3) is 0.211. The average molecular weight is 416 g/mol. The van der Waals surface area contributed by atoms with Gasteiger partial charge in [0.1, 0.15) is 12.4 Å². The lowest BCUT2D eigenvalue weighted by Gasteiger charge is -2.03. The Hall–Kier alpha value is -2.71. The lowest BCUT2D eigenvalue weighted by molar-refractivity contribution is 0.296. The van der Waals surface area contributed by atoms with Crippen molar-refractivity contribution in [3.8, 4) is 5.75 Å². The Morgan fingerprint density at radius 1 is 1.14 bits per heavy atom. The maximum atomic E-state index is 12.1. The van der Waals surface area contributed by atoms with Crippen LogP contribution in [0, 0.1) is 0 Å². The molecule has 0 saturated heterocycles. The molecule has 0 atom stereocenters. The van der Waals surface area contributed by atoms with E-state index in [1.165, 1.54) is 0 Å². The summed E-state index contributed by atoms with van der Waals surface area (Å²) >= 11 is 7.40. The Labute approximate surface area is 170 Å². The van der Waals surface area contributed by atoms with E-state index in [0.29, 0.717) is 29.2 Å². The normalized spacial score (nSPS) is 11.2. The summed E-state index contributed by atoms with van der Waals surface area (Å²) in [5.74, 6) is 2.19. The second kappa shape index (κ2) is 8.53. The van der Waals surface area contributed by atoms with E-state index in [-0.39, 0.29) is 5.69 Å². The van der Waals surface area contributed by atoms with E-state index in [0.717, 1.165) is 29.0 Å².